The van der Waals surface area contributed by atoms with E-state index in [-0.39, 0.29) is 18.9 Å². The number of halogens is 6. The lowest BCUT2D eigenvalue weighted by molar-refractivity contribution is -0.163. The van der Waals surface area contributed by atoms with Crippen molar-refractivity contribution in [2.75, 3.05) is 6.61 Å². The lowest BCUT2D eigenvalue weighted by Gasteiger charge is -2.18. The molecule has 2 amide bonds. The molecule has 1 N–H and O–H groups in total. The number of carbonyl (C=O) groups is 1. The number of urea groups is 1. The molecular formula is C19H16Cl2F4N2O3. The van der Waals surface area contributed by atoms with Gasteiger partial charge in [-0.3, -0.25) is 0 Å². The van der Waals surface area contributed by atoms with Gasteiger partial charge < -0.3 is 14.8 Å². The number of nitrogens with zero attached hydrogens (tertiary/aromatic N) is 1. The van der Waals surface area contributed by atoms with Crippen molar-refractivity contribution in [2.45, 2.75) is 24.4 Å². The van der Waals surface area contributed by atoms with Crippen LogP contribution in [0.2, 0.25) is 0 Å². The zero-order chi connectivity index (χ0) is 22.3. The van der Waals surface area contributed by atoms with Gasteiger partial charge in [0, 0.05) is 6.54 Å². The predicted molar refractivity (Wildman–Crippen MR) is 104 cm³/mol. The van der Waals surface area contributed by atoms with Crippen molar-refractivity contribution in [2.24, 2.45) is 4.99 Å². The summed E-state index contributed by atoms with van der Waals surface area (Å²) < 4.78 is 64.0. The molecule has 0 radical (unpaired) electrons. The van der Waals surface area contributed by atoms with Crippen LogP contribution in [0.15, 0.2) is 47.5 Å². The number of nitrogens with one attached hydrogen (secondary N) is 1. The Morgan fingerprint density at radius 3 is 2.27 bits per heavy atom. The summed E-state index contributed by atoms with van der Waals surface area (Å²) >= 11 is 10.3. The van der Waals surface area contributed by atoms with Gasteiger partial charge in [0.05, 0.1) is 6.61 Å². The van der Waals surface area contributed by atoms with Crippen LogP contribution in [0.5, 0.6) is 5.75 Å². The van der Waals surface area contributed by atoms with Crippen LogP contribution in [-0.4, -0.2) is 29.5 Å². The molecule has 5 nitrogen and oxygen atoms in total. The van der Waals surface area contributed by atoms with E-state index in [1.807, 2.05) is 0 Å². The van der Waals surface area contributed by atoms with Gasteiger partial charge in [-0.05, 0) is 36.8 Å². The minimum absolute atomic E-state index is 0.0252. The summed E-state index contributed by atoms with van der Waals surface area (Å²) in [5, 5.41) is 2.40. The van der Waals surface area contributed by atoms with Crippen LogP contribution < -0.4 is 10.1 Å². The fourth-order valence-corrected chi connectivity index (χ4v) is 2.27. The maximum absolute atomic E-state index is 13.9. The summed E-state index contributed by atoms with van der Waals surface area (Å²) in [5.41, 5.74) is -0.0497. The summed E-state index contributed by atoms with van der Waals surface area (Å²) in [6.45, 7) is 1.54. The van der Waals surface area contributed by atoms with Gasteiger partial charge in [0.1, 0.15) is 22.9 Å². The highest BCUT2D eigenvalue weighted by molar-refractivity contribution is 6.44. The lowest BCUT2D eigenvalue weighted by atomic mass is 10.2. The summed E-state index contributed by atoms with van der Waals surface area (Å²) in [6.07, 6.45) is -3.77. The second kappa shape index (κ2) is 10.5. The number of aliphatic imine (C=N–C) groups is 1. The molecule has 0 unspecified atom stereocenters. The van der Waals surface area contributed by atoms with E-state index in [2.05, 4.69) is 15.0 Å². The van der Waals surface area contributed by atoms with Crippen LogP contribution in [0, 0.1) is 11.6 Å². The fourth-order valence-electron chi connectivity index (χ4n) is 2.19. The molecule has 0 aliphatic rings. The van der Waals surface area contributed by atoms with Gasteiger partial charge in [-0.15, -0.1) is 0 Å². The van der Waals surface area contributed by atoms with Gasteiger partial charge in [0.25, 0.3) is 0 Å². The highest BCUT2D eigenvalue weighted by Gasteiger charge is 2.40. The Kier molecular flexibility index (Phi) is 8.31. The summed E-state index contributed by atoms with van der Waals surface area (Å²) in [5.74, 6) is -2.56. The molecule has 162 valence electrons. The van der Waals surface area contributed by atoms with E-state index in [1.165, 1.54) is 30.3 Å². The van der Waals surface area contributed by atoms with E-state index >= 15 is 0 Å². The Morgan fingerprint density at radius 2 is 1.73 bits per heavy atom. The van der Waals surface area contributed by atoms with Gasteiger partial charge in [-0.1, -0.05) is 41.4 Å². The molecule has 0 saturated heterocycles. The topological polar surface area (TPSA) is 59.9 Å². The molecule has 0 fully saturated rings. The van der Waals surface area contributed by atoms with E-state index in [9.17, 15) is 22.4 Å². The van der Waals surface area contributed by atoms with Gasteiger partial charge >= 0.3 is 12.1 Å². The first-order chi connectivity index (χ1) is 14.1. The third-order valence-electron chi connectivity index (χ3n) is 3.54. The van der Waals surface area contributed by atoms with Crippen molar-refractivity contribution >= 4 is 35.1 Å². The van der Waals surface area contributed by atoms with Gasteiger partial charge in [0.15, 0.2) is 0 Å². The average Bonchev–Trinajstić information content (AvgIpc) is 2.67. The van der Waals surface area contributed by atoms with Crippen molar-refractivity contribution in [1.29, 1.82) is 0 Å². The van der Waals surface area contributed by atoms with Crippen molar-refractivity contribution in [3.05, 3.63) is 65.2 Å². The molecule has 0 aliphatic carbocycles. The zero-order valence-electron chi connectivity index (χ0n) is 15.5. The molecule has 2 aromatic carbocycles. The first kappa shape index (κ1) is 23.8. The largest absolute Gasteiger partial charge is 0.477 e. The van der Waals surface area contributed by atoms with Crippen LogP contribution in [0.1, 0.15) is 18.1 Å². The summed E-state index contributed by atoms with van der Waals surface area (Å²) in [6, 6.07) is 7.55. The van der Waals surface area contributed by atoms with Crippen molar-refractivity contribution in [3.8, 4) is 5.75 Å². The van der Waals surface area contributed by atoms with Crippen LogP contribution in [0.25, 0.3) is 0 Å². The average molecular weight is 467 g/mol. The highest BCUT2D eigenvalue weighted by atomic mass is 35.5. The third-order valence-corrected chi connectivity index (χ3v) is 4.04. The molecule has 0 atom stereocenters. The van der Waals surface area contributed by atoms with E-state index < -0.39 is 40.1 Å². The Labute approximate surface area is 179 Å². The quantitative estimate of drug-likeness (QED) is 0.256. The fraction of sp³-hybridized carbons (Fsp3) is 0.263. The van der Waals surface area contributed by atoms with Crippen molar-refractivity contribution in [3.63, 3.8) is 0 Å². The molecule has 0 spiro atoms. The molecule has 0 heterocycles. The van der Waals surface area contributed by atoms with E-state index in [4.69, 9.17) is 27.9 Å². The number of hydrogen-bond acceptors (Lipinski definition) is 3. The number of rotatable bonds is 7. The number of amides is 2. The van der Waals surface area contributed by atoms with Gasteiger partial charge in [-0.2, -0.15) is 13.8 Å². The van der Waals surface area contributed by atoms with Gasteiger partial charge in [-0.25, -0.2) is 13.6 Å². The molecule has 0 bridgehead atoms. The van der Waals surface area contributed by atoms with Crippen LogP contribution in [0.3, 0.4) is 0 Å². The molecule has 2 aromatic rings. The molecule has 2 rings (SSSR count). The van der Waals surface area contributed by atoms with Crippen molar-refractivity contribution in [1.82, 2.24) is 5.32 Å². The molecule has 30 heavy (non-hydrogen) atoms. The number of benzene rings is 2. The third kappa shape index (κ3) is 6.50. The highest BCUT2D eigenvalue weighted by Crippen LogP contribution is 2.30. The lowest BCUT2D eigenvalue weighted by Crippen LogP contribution is -2.32. The summed E-state index contributed by atoms with van der Waals surface area (Å²) in [4.78, 5) is 13.6. The second-order valence-electron chi connectivity index (χ2n) is 5.71. The number of carbonyl (C=O) groups excluding carboxylic acids is 1. The Hall–Kier alpha value is -2.52. The molecule has 0 saturated carbocycles. The van der Waals surface area contributed by atoms with Crippen molar-refractivity contribution < 1.29 is 31.8 Å². The van der Waals surface area contributed by atoms with E-state index in [1.54, 1.807) is 6.92 Å². The van der Waals surface area contributed by atoms with Gasteiger partial charge in [0.2, 0.25) is 10.7 Å². The maximum atomic E-state index is 13.9. The SMILES string of the molecule is CCOC(=NC(=O)NCc1ccc(OC(F)(F)C(Cl)Cl)cc1)c1c(F)cccc1F. The Balaban J connectivity index is 2.05. The maximum Gasteiger partial charge on any atom is 0.428 e. The van der Waals surface area contributed by atoms with E-state index in [0.717, 1.165) is 12.1 Å². The smallest absolute Gasteiger partial charge is 0.428 e. The normalized spacial score (nSPS) is 12.1. The molecule has 0 aromatic heterocycles. The number of alkyl halides is 4. The number of ether oxygens (including phenoxy) is 2. The first-order valence-corrected chi connectivity index (χ1v) is 9.39. The minimum Gasteiger partial charge on any atom is -0.477 e. The van der Waals surface area contributed by atoms with Crippen LogP contribution in [0.4, 0.5) is 22.4 Å². The first-order valence-electron chi connectivity index (χ1n) is 8.51. The Morgan fingerprint density at radius 1 is 1.13 bits per heavy atom. The zero-order valence-corrected chi connectivity index (χ0v) is 17.0. The monoisotopic (exact) mass is 466 g/mol. The molecule has 11 heteroatoms. The Bertz CT molecular complexity index is 889. The number of hydrogen-bond donors (Lipinski definition) is 1. The minimum atomic E-state index is -3.77. The van der Waals surface area contributed by atoms with E-state index in [0.29, 0.717) is 5.56 Å². The van der Waals surface area contributed by atoms with Crippen LogP contribution >= 0.6 is 23.2 Å². The molecular weight excluding hydrogens is 451 g/mol. The summed E-state index contributed by atoms with van der Waals surface area (Å²) in [7, 11) is 0. The predicted octanol–water partition coefficient (Wildman–Crippen LogP) is 5.43. The standard InChI is InChI=1S/C19H16Cl2F4N2O3/c1-2-29-16(15-13(22)4-3-5-14(15)23)27-18(28)26-10-11-6-8-12(9-7-11)30-19(24,25)17(20)21/h3-9,17H,2,10H2,1H3,(H,26,28). The second-order valence-corrected chi connectivity index (χ2v) is 6.81. The molecule has 0 aliphatic heterocycles. The van der Waals surface area contributed by atoms with Crippen LogP contribution in [-0.2, 0) is 11.3 Å².